The quantitative estimate of drug-likeness (QED) is 0.408. The van der Waals surface area contributed by atoms with E-state index in [9.17, 15) is 13.2 Å². The van der Waals surface area contributed by atoms with Crippen LogP contribution >= 0.6 is 0 Å². The second kappa shape index (κ2) is 7.26. The van der Waals surface area contributed by atoms with Crippen LogP contribution < -0.4 is 10.6 Å². The summed E-state index contributed by atoms with van der Waals surface area (Å²) in [6.45, 7) is 0.554. The Hall–Kier alpha value is -1.83. The maximum absolute atomic E-state index is 12.7. The summed E-state index contributed by atoms with van der Waals surface area (Å²) in [7, 11) is 1.61. The Kier molecular flexibility index (Phi) is 5.95. The molecule has 0 atom stereocenters. The van der Waals surface area contributed by atoms with Crippen molar-refractivity contribution in [2.75, 3.05) is 25.1 Å². The number of rotatable bonds is 7. The van der Waals surface area contributed by atoms with E-state index < -0.39 is 11.9 Å². The number of nitrogens with two attached hydrogens (primary N) is 1. The van der Waals surface area contributed by atoms with Gasteiger partial charge in [-0.05, 0) is 31.4 Å². The van der Waals surface area contributed by atoms with Crippen molar-refractivity contribution in [2.24, 2.45) is 5.73 Å². The Balaban J connectivity index is 2.97. The van der Waals surface area contributed by atoms with E-state index in [0.29, 0.717) is 19.4 Å². The zero-order chi connectivity index (χ0) is 16.0. The summed E-state index contributed by atoms with van der Waals surface area (Å²) in [5, 5.41) is 16.1. The molecule has 0 amide bonds. The number of aliphatic hydroxyl groups is 1. The number of alkyl halides is 3. The van der Waals surface area contributed by atoms with Crippen molar-refractivity contribution in [1.29, 1.82) is 5.41 Å². The van der Waals surface area contributed by atoms with E-state index in [1.807, 2.05) is 0 Å². The van der Waals surface area contributed by atoms with E-state index in [-0.39, 0.29) is 23.8 Å². The molecule has 0 saturated heterocycles. The lowest BCUT2D eigenvalue weighted by Crippen LogP contribution is -2.26. The van der Waals surface area contributed by atoms with Crippen LogP contribution in [0, 0.1) is 5.41 Å². The summed E-state index contributed by atoms with van der Waals surface area (Å²) in [5.74, 6) is -0.283. The van der Waals surface area contributed by atoms with E-state index >= 15 is 0 Å². The minimum absolute atomic E-state index is 0.0429. The van der Waals surface area contributed by atoms with E-state index in [2.05, 4.69) is 4.98 Å². The van der Waals surface area contributed by atoms with Crippen LogP contribution in [0.4, 0.5) is 19.0 Å². The van der Waals surface area contributed by atoms with Gasteiger partial charge in [-0.2, -0.15) is 13.2 Å². The summed E-state index contributed by atoms with van der Waals surface area (Å²) in [6.07, 6.45) is -2.44. The first-order valence-corrected chi connectivity index (χ1v) is 6.52. The standard InChI is InChI=1S/C13H19F3N4O/c1-20(7-3-2-4-8-21)12-9(11(17)18)5-6-10(19-12)13(14,15)16/h5-6,21H,2-4,7-8H2,1H3,(H3,17,18). The molecule has 5 nitrogen and oxygen atoms in total. The van der Waals surface area contributed by atoms with E-state index in [0.717, 1.165) is 18.6 Å². The Morgan fingerprint density at radius 3 is 2.52 bits per heavy atom. The SMILES string of the molecule is CN(CCCCCO)c1nc(C(F)(F)F)ccc1C(=N)N. The van der Waals surface area contributed by atoms with E-state index in [4.69, 9.17) is 16.2 Å². The number of halogens is 3. The third kappa shape index (κ3) is 4.89. The number of nitrogen functional groups attached to an aromatic ring is 1. The van der Waals surface area contributed by atoms with Crippen LogP contribution in [0.5, 0.6) is 0 Å². The number of nitrogens with zero attached hydrogens (tertiary/aromatic N) is 2. The summed E-state index contributed by atoms with van der Waals surface area (Å²) < 4.78 is 38.2. The van der Waals surface area contributed by atoms with Crippen molar-refractivity contribution in [3.05, 3.63) is 23.4 Å². The van der Waals surface area contributed by atoms with Crippen molar-refractivity contribution in [1.82, 2.24) is 4.98 Å². The van der Waals surface area contributed by atoms with Gasteiger partial charge in [-0.3, -0.25) is 5.41 Å². The molecule has 0 aliphatic heterocycles. The molecule has 118 valence electrons. The van der Waals surface area contributed by atoms with Crippen LogP contribution in [0.15, 0.2) is 12.1 Å². The van der Waals surface area contributed by atoms with Crippen LogP contribution in [-0.4, -0.2) is 36.1 Å². The summed E-state index contributed by atoms with van der Waals surface area (Å²) in [4.78, 5) is 5.14. The van der Waals surface area contributed by atoms with Crippen LogP contribution in [0.2, 0.25) is 0 Å². The summed E-state index contributed by atoms with van der Waals surface area (Å²) in [5.41, 5.74) is 4.55. The minimum atomic E-state index is -4.54. The summed E-state index contributed by atoms with van der Waals surface area (Å²) in [6, 6.07) is 1.98. The van der Waals surface area contributed by atoms with E-state index in [1.165, 1.54) is 0 Å². The largest absolute Gasteiger partial charge is 0.433 e. The molecule has 1 heterocycles. The number of hydrogen-bond acceptors (Lipinski definition) is 4. The van der Waals surface area contributed by atoms with Gasteiger partial charge in [0.05, 0.1) is 5.56 Å². The molecule has 0 fully saturated rings. The number of anilines is 1. The molecule has 0 aliphatic carbocycles. The topological polar surface area (TPSA) is 86.2 Å². The van der Waals surface area contributed by atoms with Crippen molar-refractivity contribution in [3.63, 3.8) is 0 Å². The second-order valence-corrected chi connectivity index (χ2v) is 4.68. The van der Waals surface area contributed by atoms with Crippen LogP contribution in [0.25, 0.3) is 0 Å². The Morgan fingerprint density at radius 1 is 1.33 bits per heavy atom. The lowest BCUT2D eigenvalue weighted by molar-refractivity contribution is -0.141. The third-order valence-corrected chi connectivity index (χ3v) is 2.97. The van der Waals surface area contributed by atoms with Gasteiger partial charge in [0.25, 0.3) is 0 Å². The Morgan fingerprint density at radius 2 is 2.00 bits per heavy atom. The van der Waals surface area contributed by atoms with Crippen molar-refractivity contribution in [3.8, 4) is 0 Å². The number of pyridine rings is 1. The van der Waals surface area contributed by atoms with Gasteiger partial charge in [0.15, 0.2) is 0 Å². The molecule has 1 aromatic heterocycles. The van der Waals surface area contributed by atoms with Crippen molar-refractivity contribution in [2.45, 2.75) is 25.4 Å². The fourth-order valence-electron chi connectivity index (χ4n) is 1.85. The molecule has 1 aromatic rings. The monoisotopic (exact) mass is 304 g/mol. The van der Waals surface area contributed by atoms with Gasteiger partial charge >= 0.3 is 6.18 Å². The molecule has 21 heavy (non-hydrogen) atoms. The van der Waals surface area contributed by atoms with Crippen molar-refractivity contribution < 1.29 is 18.3 Å². The van der Waals surface area contributed by atoms with Gasteiger partial charge in [-0.25, -0.2) is 4.98 Å². The lowest BCUT2D eigenvalue weighted by atomic mass is 10.2. The minimum Gasteiger partial charge on any atom is -0.396 e. The fraction of sp³-hybridized carbons (Fsp3) is 0.538. The Labute approximate surface area is 121 Å². The maximum Gasteiger partial charge on any atom is 0.433 e. The van der Waals surface area contributed by atoms with Crippen LogP contribution in [-0.2, 0) is 6.18 Å². The molecule has 0 aliphatic rings. The predicted molar refractivity (Wildman–Crippen MR) is 74.5 cm³/mol. The van der Waals surface area contributed by atoms with E-state index in [1.54, 1.807) is 11.9 Å². The van der Waals surface area contributed by atoms with Gasteiger partial charge in [0, 0.05) is 20.2 Å². The van der Waals surface area contributed by atoms with Crippen LogP contribution in [0.1, 0.15) is 30.5 Å². The highest BCUT2D eigenvalue weighted by Gasteiger charge is 2.33. The molecule has 0 aromatic carbocycles. The number of hydrogen-bond donors (Lipinski definition) is 3. The Bertz CT molecular complexity index is 491. The van der Waals surface area contributed by atoms with Gasteiger partial charge in [0.2, 0.25) is 0 Å². The smallest absolute Gasteiger partial charge is 0.396 e. The van der Waals surface area contributed by atoms with Gasteiger partial charge in [0.1, 0.15) is 17.3 Å². The molecule has 4 N–H and O–H groups in total. The normalized spacial score (nSPS) is 11.5. The molecule has 1 rings (SSSR count). The van der Waals surface area contributed by atoms with Gasteiger partial charge in [-0.15, -0.1) is 0 Å². The number of amidine groups is 1. The summed E-state index contributed by atoms with van der Waals surface area (Å²) >= 11 is 0. The number of nitrogens with one attached hydrogen (secondary N) is 1. The molecule has 0 bridgehead atoms. The molecule has 0 radical (unpaired) electrons. The maximum atomic E-state index is 12.7. The number of aromatic nitrogens is 1. The number of aliphatic hydroxyl groups excluding tert-OH is 1. The molecule has 8 heteroatoms. The first kappa shape index (κ1) is 17.2. The fourth-order valence-corrected chi connectivity index (χ4v) is 1.85. The average Bonchev–Trinajstić information content (AvgIpc) is 2.41. The highest BCUT2D eigenvalue weighted by Crippen LogP contribution is 2.30. The zero-order valence-corrected chi connectivity index (χ0v) is 11.7. The average molecular weight is 304 g/mol. The lowest BCUT2D eigenvalue weighted by Gasteiger charge is -2.22. The first-order chi connectivity index (χ1) is 9.77. The molecule has 0 saturated carbocycles. The highest BCUT2D eigenvalue weighted by molar-refractivity contribution is 5.99. The number of unbranched alkanes of at least 4 members (excludes halogenated alkanes) is 2. The molecular weight excluding hydrogens is 285 g/mol. The van der Waals surface area contributed by atoms with Crippen molar-refractivity contribution >= 4 is 11.7 Å². The van der Waals surface area contributed by atoms with Crippen LogP contribution in [0.3, 0.4) is 0 Å². The second-order valence-electron chi connectivity index (χ2n) is 4.68. The first-order valence-electron chi connectivity index (χ1n) is 6.52. The molecule has 0 spiro atoms. The van der Waals surface area contributed by atoms with Gasteiger partial charge < -0.3 is 15.7 Å². The molecule has 0 unspecified atom stereocenters. The zero-order valence-electron chi connectivity index (χ0n) is 11.7. The molecular formula is C13H19F3N4O. The third-order valence-electron chi connectivity index (χ3n) is 2.97. The highest BCUT2D eigenvalue weighted by atomic mass is 19.4. The predicted octanol–water partition coefficient (Wildman–Crippen LogP) is 1.98. The van der Waals surface area contributed by atoms with Gasteiger partial charge in [-0.1, -0.05) is 0 Å².